The maximum Gasteiger partial charge on any atom is 0.140 e. The van der Waals surface area contributed by atoms with Gasteiger partial charge in [-0.1, -0.05) is 0 Å². The van der Waals surface area contributed by atoms with Gasteiger partial charge in [0.1, 0.15) is 17.2 Å². The Bertz CT molecular complexity index is 390. The SMILES string of the molecule is COc1c(Br)cc(F)cc1C1(O)COC1. The van der Waals surface area contributed by atoms with E-state index in [-0.39, 0.29) is 13.2 Å². The van der Waals surface area contributed by atoms with Crippen molar-refractivity contribution in [2.45, 2.75) is 5.60 Å². The van der Waals surface area contributed by atoms with E-state index in [0.717, 1.165) is 0 Å². The standard InChI is InChI=1S/C10H10BrFO3/c1-14-9-7(10(13)4-15-5-10)2-6(12)3-8(9)11/h2-3,13H,4-5H2,1H3. The second-order valence-electron chi connectivity index (χ2n) is 3.49. The van der Waals surface area contributed by atoms with Crippen LogP contribution in [0.25, 0.3) is 0 Å². The monoisotopic (exact) mass is 276 g/mol. The molecular weight excluding hydrogens is 267 g/mol. The Kier molecular flexibility index (Phi) is 2.70. The number of halogens is 2. The van der Waals surface area contributed by atoms with Crippen molar-refractivity contribution in [1.82, 2.24) is 0 Å². The molecule has 0 saturated carbocycles. The van der Waals surface area contributed by atoms with Crippen LogP contribution in [0.15, 0.2) is 16.6 Å². The van der Waals surface area contributed by atoms with Gasteiger partial charge in [-0.05, 0) is 28.1 Å². The van der Waals surface area contributed by atoms with Crippen LogP contribution in [0, 0.1) is 5.82 Å². The van der Waals surface area contributed by atoms with Crippen molar-refractivity contribution in [1.29, 1.82) is 0 Å². The smallest absolute Gasteiger partial charge is 0.140 e. The van der Waals surface area contributed by atoms with Gasteiger partial charge in [0.05, 0.1) is 24.8 Å². The van der Waals surface area contributed by atoms with Gasteiger partial charge in [-0.3, -0.25) is 0 Å². The summed E-state index contributed by atoms with van der Waals surface area (Å²) in [6.45, 7) is 0.332. The molecular formula is C10H10BrFO3. The van der Waals surface area contributed by atoms with Crippen molar-refractivity contribution in [3.05, 3.63) is 28.0 Å². The minimum absolute atomic E-state index is 0.166. The molecule has 82 valence electrons. The Labute approximate surface area is 94.9 Å². The Morgan fingerprint density at radius 3 is 2.67 bits per heavy atom. The topological polar surface area (TPSA) is 38.7 Å². The number of methoxy groups -OCH3 is 1. The summed E-state index contributed by atoms with van der Waals surface area (Å²) in [5.41, 5.74) is -0.709. The molecule has 1 fully saturated rings. The summed E-state index contributed by atoms with van der Waals surface area (Å²) < 4.78 is 23.7. The third-order valence-electron chi connectivity index (χ3n) is 2.40. The molecule has 1 heterocycles. The van der Waals surface area contributed by atoms with Gasteiger partial charge in [0.25, 0.3) is 0 Å². The van der Waals surface area contributed by atoms with E-state index in [1.807, 2.05) is 0 Å². The molecule has 0 amide bonds. The zero-order valence-corrected chi connectivity index (χ0v) is 9.67. The summed E-state index contributed by atoms with van der Waals surface area (Å²) in [5.74, 6) is 0.0280. The quantitative estimate of drug-likeness (QED) is 0.896. The minimum Gasteiger partial charge on any atom is -0.495 e. The highest BCUT2D eigenvalue weighted by molar-refractivity contribution is 9.10. The van der Waals surface area contributed by atoms with Crippen molar-refractivity contribution >= 4 is 15.9 Å². The molecule has 0 spiro atoms. The molecule has 0 aromatic heterocycles. The number of rotatable bonds is 2. The van der Waals surface area contributed by atoms with Crippen LogP contribution in [-0.4, -0.2) is 25.4 Å². The third kappa shape index (κ3) is 1.75. The summed E-state index contributed by atoms with van der Waals surface area (Å²) in [7, 11) is 1.48. The van der Waals surface area contributed by atoms with Crippen molar-refractivity contribution in [3.8, 4) is 5.75 Å². The van der Waals surface area contributed by atoms with Crippen molar-refractivity contribution in [3.63, 3.8) is 0 Å². The normalized spacial score (nSPS) is 18.4. The minimum atomic E-state index is -1.13. The summed E-state index contributed by atoms with van der Waals surface area (Å²) >= 11 is 3.19. The van der Waals surface area contributed by atoms with E-state index in [9.17, 15) is 9.50 Å². The number of aliphatic hydroxyl groups is 1. The van der Waals surface area contributed by atoms with Crippen LogP contribution < -0.4 is 4.74 Å². The number of hydrogen-bond acceptors (Lipinski definition) is 3. The second kappa shape index (κ2) is 3.73. The number of ether oxygens (including phenoxy) is 2. The maximum absolute atomic E-state index is 13.2. The van der Waals surface area contributed by atoms with E-state index < -0.39 is 11.4 Å². The third-order valence-corrected chi connectivity index (χ3v) is 2.98. The number of hydrogen-bond donors (Lipinski definition) is 1. The maximum atomic E-state index is 13.2. The highest BCUT2D eigenvalue weighted by Crippen LogP contribution is 2.40. The van der Waals surface area contributed by atoms with Crippen LogP contribution in [-0.2, 0) is 10.3 Å². The van der Waals surface area contributed by atoms with Crippen LogP contribution in [0.4, 0.5) is 4.39 Å². The van der Waals surface area contributed by atoms with Gasteiger partial charge < -0.3 is 14.6 Å². The molecule has 1 saturated heterocycles. The molecule has 1 aliphatic rings. The Balaban J connectivity index is 2.53. The fraction of sp³-hybridized carbons (Fsp3) is 0.400. The van der Waals surface area contributed by atoms with Crippen LogP contribution in [0.5, 0.6) is 5.75 Å². The van der Waals surface area contributed by atoms with E-state index in [4.69, 9.17) is 9.47 Å². The molecule has 0 aliphatic carbocycles. The van der Waals surface area contributed by atoms with E-state index >= 15 is 0 Å². The predicted molar refractivity (Wildman–Crippen MR) is 55.4 cm³/mol. The Morgan fingerprint density at radius 2 is 2.20 bits per heavy atom. The van der Waals surface area contributed by atoms with Gasteiger partial charge in [0.2, 0.25) is 0 Å². The fourth-order valence-electron chi connectivity index (χ4n) is 1.56. The van der Waals surface area contributed by atoms with E-state index in [2.05, 4.69) is 15.9 Å². The lowest BCUT2D eigenvalue weighted by Crippen LogP contribution is -2.46. The summed E-state index contributed by atoms with van der Waals surface area (Å²) in [5, 5.41) is 10.0. The Hall–Kier alpha value is -0.650. The molecule has 0 unspecified atom stereocenters. The highest BCUT2D eigenvalue weighted by atomic mass is 79.9. The average Bonchev–Trinajstić information content (AvgIpc) is 2.13. The zero-order chi connectivity index (χ0) is 11.1. The molecule has 0 radical (unpaired) electrons. The van der Waals surface area contributed by atoms with Crippen LogP contribution in [0.3, 0.4) is 0 Å². The van der Waals surface area contributed by atoms with Gasteiger partial charge in [0, 0.05) is 5.56 Å². The molecule has 1 aromatic carbocycles. The van der Waals surface area contributed by atoms with Gasteiger partial charge >= 0.3 is 0 Å². The van der Waals surface area contributed by atoms with Crippen LogP contribution in [0.2, 0.25) is 0 Å². The van der Waals surface area contributed by atoms with Gasteiger partial charge in [-0.15, -0.1) is 0 Å². The van der Waals surface area contributed by atoms with E-state index in [0.29, 0.717) is 15.8 Å². The lowest BCUT2D eigenvalue weighted by Gasteiger charge is -2.37. The molecule has 1 aromatic rings. The number of benzene rings is 1. The van der Waals surface area contributed by atoms with Crippen molar-refractivity contribution in [2.75, 3.05) is 20.3 Å². The lowest BCUT2D eigenvalue weighted by molar-refractivity contribution is -0.185. The second-order valence-corrected chi connectivity index (χ2v) is 4.35. The first-order valence-electron chi connectivity index (χ1n) is 4.40. The molecule has 1 N–H and O–H groups in total. The first-order chi connectivity index (χ1) is 7.07. The van der Waals surface area contributed by atoms with Crippen LogP contribution >= 0.6 is 15.9 Å². The Morgan fingerprint density at radius 1 is 1.53 bits per heavy atom. The molecule has 1 aliphatic heterocycles. The zero-order valence-electron chi connectivity index (χ0n) is 8.09. The molecule has 2 rings (SSSR count). The van der Waals surface area contributed by atoms with Crippen LogP contribution in [0.1, 0.15) is 5.56 Å². The first-order valence-corrected chi connectivity index (χ1v) is 5.20. The summed E-state index contributed by atoms with van der Waals surface area (Å²) in [6, 6.07) is 2.57. The summed E-state index contributed by atoms with van der Waals surface area (Å²) in [4.78, 5) is 0. The molecule has 0 bridgehead atoms. The average molecular weight is 277 g/mol. The predicted octanol–water partition coefficient (Wildman–Crippen LogP) is 1.81. The lowest BCUT2D eigenvalue weighted by atomic mass is 9.91. The molecule has 0 atom stereocenters. The molecule has 3 nitrogen and oxygen atoms in total. The van der Waals surface area contributed by atoms with E-state index in [1.165, 1.54) is 19.2 Å². The van der Waals surface area contributed by atoms with Gasteiger partial charge in [0.15, 0.2) is 0 Å². The highest BCUT2D eigenvalue weighted by Gasteiger charge is 2.41. The first kappa shape index (κ1) is 10.9. The fourth-order valence-corrected chi connectivity index (χ4v) is 2.16. The summed E-state index contributed by atoms with van der Waals surface area (Å²) in [6.07, 6.45) is 0. The van der Waals surface area contributed by atoms with E-state index in [1.54, 1.807) is 0 Å². The largest absolute Gasteiger partial charge is 0.495 e. The van der Waals surface area contributed by atoms with Gasteiger partial charge in [-0.2, -0.15) is 0 Å². The molecule has 15 heavy (non-hydrogen) atoms. The van der Waals surface area contributed by atoms with Crippen molar-refractivity contribution < 1.29 is 19.0 Å². The molecule has 5 heteroatoms. The van der Waals surface area contributed by atoms with Crippen molar-refractivity contribution in [2.24, 2.45) is 0 Å². The van der Waals surface area contributed by atoms with Gasteiger partial charge in [-0.25, -0.2) is 4.39 Å².